The summed E-state index contributed by atoms with van der Waals surface area (Å²) >= 11 is 0. The Labute approximate surface area is 114 Å². The van der Waals surface area contributed by atoms with E-state index in [0.717, 1.165) is 19.4 Å². The number of piperazine rings is 1. The highest BCUT2D eigenvalue weighted by molar-refractivity contribution is 6.57. The Kier molecular flexibility index (Phi) is 4.74. The molecule has 2 radical (unpaired) electrons. The Bertz CT molecular complexity index is 438. The molecule has 1 aromatic rings. The van der Waals surface area contributed by atoms with Crippen molar-refractivity contribution in [1.29, 1.82) is 0 Å². The number of benzene rings is 1. The summed E-state index contributed by atoms with van der Waals surface area (Å²) in [6.07, 6.45) is 1.20. The van der Waals surface area contributed by atoms with Crippen molar-refractivity contribution in [2.24, 2.45) is 0 Å². The molecule has 19 heavy (non-hydrogen) atoms. The molecule has 0 saturated carbocycles. The quantitative estimate of drug-likeness (QED) is 0.597. The van der Waals surface area contributed by atoms with Crippen LogP contribution in [0.5, 0.6) is 0 Å². The third-order valence-corrected chi connectivity index (χ3v) is 3.47. The molecule has 1 aliphatic heterocycles. The van der Waals surface area contributed by atoms with Gasteiger partial charge in [0.1, 0.15) is 6.29 Å². The molecule has 1 unspecified atom stereocenters. The maximum absolute atomic E-state index is 11.3. The highest BCUT2D eigenvalue weighted by atomic mass is 16.2. The second-order valence-corrected chi connectivity index (χ2v) is 4.81. The molecule has 0 bridgehead atoms. The van der Waals surface area contributed by atoms with Crippen LogP contribution in [-0.4, -0.2) is 55.4 Å². The van der Waals surface area contributed by atoms with Gasteiger partial charge in [-0.2, -0.15) is 0 Å². The lowest BCUT2D eigenvalue weighted by Gasteiger charge is -2.41. The molecule has 2 rings (SSSR count). The number of hydrogen-bond donors (Lipinski definition) is 0. The van der Waals surface area contributed by atoms with Gasteiger partial charge in [0.15, 0.2) is 5.81 Å². The van der Waals surface area contributed by atoms with E-state index in [9.17, 15) is 9.59 Å². The lowest BCUT2D eigenvalue weighted by molar-refractivity contribution is -0.109. The van der Waals surface area contributed by atoms with E-state index in [4.69, 9.17) is 7.85 Å². The van der Waals surface area contributed by atoms with E-state index in [1.165, 1.54) is 5.56 Å². The normalized spacial score (nSPS) is 20.2. The van der Waals surface area contributed by atoms with E-state index in [0.29, 0.717) is 19.5 Å². The van der Waals surface area contributed by atoms with Crippen LogP contribution in [0.4, 0.5) is 4.79 Å². The van der Waals surface area contributed by atoms with Crippen LogP contribution in [0.3, 0.4) is 0 Å². The predicted octanol–water partition coefficient (Wildman–Crippen LogP) is 1.05. The molecule has 0 spiro atoms. The van der Waals surface area contributed by atoms with Gasteiger partial charge in [0, 0.05) is 32.6 Å². The zero-order valence-electron chi connectivity index (χ0n) is 10.9. The number of amides is 1. The molecule has 0 N–H and O–H groups in total. The minimum absolute atomic E-state index is 0.104. The summed E-state index contributed by atoms with van der Waals surface area (Å²) in [5.41, 5.74) is 1.24. The van der Waals surface area contributed by atoms with Crippen molar-refractivity contribution in [3.05, 3.63) is 35.9 Å². The van der Waals surface area contributed by atoms with Crippen LogP contribution in [0.15, 0.2) is 30.3 Å². The van der Waals surface area contributed by atoms with Gasteiger partial charge in [-0.15, -0.1) is 0 Å². The average molecular weight is 256 g/mol. The van der Waals surface area contributed by atoms with Crippen molar-refractivity contribution < 1.29 is 9.59 Å². The van der Waals surface area contributed by atoms with Crippen molar-refractivity contribution in [2.75, 3.05) is 19.6 Å². The van der Waals surface area contributed by atoms with Gasteiger partial charge in [-0.3, -0.25) is 9.69 Å². The van der Waals surface area contributed by atoms with Gasteiger partial charge in [-0.1, -0.05) is 30.3 Å². The van der Waals surface area contributed by atoms with E-state index in [-0.39, 0.29) is 6.04 Å². The fraction of sp³-hybridized carbons (Fsp3) is 0.429. The molecule has 1 heterocycles. The number of carbonyl (C=O) groups excluding carboxylic acids is 2. The van der Waals surface area contributed by atoms with Gasteiger partial charge < -0.3 is 9.69 Å². The highest BCUT2D eigenvalue weighted by Gasteiger charge is 2.27. The third kappa shape index (κ3) is 3.67. The fourth-order valence-corrected chi connectivity index (χ4v) is 2.51. The molecule has 98 valence electrons. The Morgan fingerprint density at radius 2 is 2.05 bits per heavy atom. The van der Waals surface area contributed by atoms with E-state index >= 15 is 0 Å². The van der Waals surface area contributed by atoms with E-state index in [2.05, 4.69) is 17.0 Å². The molecule has 0 aromatic heterocycles. The van der Waals surface area contributed by atoms with Crippen molar-refractivity contribution in [3.63, 3.8) is 0 Å². The number of hydrogen-bond acceptors (Lipinski definition) is 3. The van der Waals surface area contributed by atoms with Crippen LogP contribution in [-0.2, 0) is 11.3 Å². The lowest BCUT2D eigenvalue weighted by atomic mass is 10.0. The zero-order valence-corrected chi connectivity index (χ0v) is 10.9. The highest BCUT2D eigenvalue weighted by Crippen LogP contribution is 2.15. The van der Waals surface area contributed by atoms with Crippen molar-refractivity contribution >= 4 is 19.9 Å². The first-order valence-electron chi connectivity index (χ1n) is 6.46. The Morgan fingerprint density at radius 3 is 2.68 bits per heavy atom. The minimum Gasteiger partial charge on any atom is -0.347 e. The first-order valence-corrected chi connectivity index (χ1v) is 6.46. The maximum atomic E-state index is 11.3. The SMILES string of the molecule is [B]C(=O)N1CCN(Cc2ccccc2)CC1CC=O. The molecule has 1 fully saturated rings. The predicted molar refractivity (Wildman–Crippen MR) is 74.0 cm³/mol. The van der Waals surface area contributed by atoms with Crippen LogP contribution < -0.4 is 0 Å². The summed E-state index contributed by atoms with van der Waals surface area (Å²) in [5, 5.41) is 0. The summed E-state index contributed by atoms with van der Waals surface area (Å²) < 4.78 is 0. The van der Waals surface area contributed by atoms with Gasteiger partial charge in [0.2, 0.25) is 7.85 Å². The topological polar surface area (TPSA) is 40.6 Å². The molecule has 1 saturated heterocycles. The molecule has 0 aliphatic carbocycles. The monoisotopic (exact) mass is 256 g/mol. The molecule has 1 aliphatic rings. The summed E-state index contributed by atoms with van der Waals surface area (Å²) in [6, 6.07) is 10.1. The molecular formula is C14H17BN2O2. The van der Waals surface area contributed by atoms with Crippen LogP contribution in [0.1, 0.15) is 12.0 Å². The summed E-state index contributed by atoms with van der Waals surface area (Å²) in [4.78, 5) is 25.9. The van der Waals surface area contributed by atoms with Gasteiger partial charge in [-0.05, 0) is 5.56 Å². The molecule has 1 aromatic carbocycles. The number of nitrogens with zero attached hydrogens (tertiary/aromatic N) is 2. The van der Waals surface area contributed by atoms with E-state index in [1.54, 1.807) is 4.90 Å². The summed E-state index contributed by atoms with van der Waals surface area (Å²) in [7, 11) is 5.34. The lowest BCUT2D eigenvalue weighted by Crippen LogP contribution is -2.54. The molecule has 4 nitrogen and oxygen atoms in total. The van der Waals surface area contributed by atoms with E-state index in [1.807, 2.05) is 18.2 Å². The van der Waals surface area contributed by atoms with Crippen molar-refractivity contribution in [1.82, 2.24) is 9.80 Å². The molecular weight excluding hydrogens is 239 g/mol. The smallest absolute Gasteiger partial charge is 0.200 e. The van der Waals surface area contributed by atoms with Gasteiger partial charge >= 0.3 is 0 Å². The molecule has 1 atom stereocenters. The Balaban J connectivity index is 1.98. The van der Waals surface area contributed by atoms with Crippen LogP contribution in [0.25, 0.3) is 0 Å². The number of rotatable bonds is 4. The zero-order chi connectivity index (χ0) is 13.7. The number of carbonyl (C=O) groups is 2. The Hall–Kier alpha value is -1.62. The first-order chi connectivity index (χ1) is 9.20. The largest absolute Gasteiger partial charge is 0.347 e. The van der Waals surface area contributed by atoms with Gasteiger partial charge in [0.25, 0.3) is 0 Å². The van der Waals surface area contributed by atoms with Crippen molar-refractivity contribution in [3.8, 4) is 0 Å². The maximum Gasteiger partial charge on any atom is 0.200 e. The third-order valence-electron chi connectivity index (χ3n) is 3.47. The van der Waals surface area contributed by atoms with Gasteiger partial charge in [-0.25, -0.2) is 0 Å². The first kappa shape index (κ1) is 13.8. The van der Waals surface area contributed by atoms with Crippen LogP contribution in [0, 0.1) is 0 Å². The van der Waals surface area contributed by atoms with Gasteiger partial charge in [0.05, 0.1) is 6.04 Å². The average Bonchev–Trinajstić information content (AvgIpc) is 2.40. The van der Waals surface area contributed by atoms with Crippen molar-refractivity contribution in [2.45, 2.75) is 19.0 Å². The number of aldehydes is 1. The fourth-order valence-electron chi connectivity index (χ4n) is 2.51. The van der Waals surface area contributed by atoms with E-state index < -0.39 is 5.81 Å². The summed E-state index contributed by atoms with van der Waals surface area (Å²) in [5.74, 6) is -0.439. The molecule has 5 heteroatoms. The summed E-state index contributed by atoms with van der Waals surface area (Å²) in [6.45, 7) is 2.90. The Morgan fingerprint density at radius 1 is 1.32 bits per heavy atom. The van der Waals surface area contributed by atoms with Crippen LogP contribution in [0.2, 0.25) is 0 Å². The van der Waals surface area contributed by atoms with Crippen LogP contribution >= 0.6 is 0 Å². The molecule has 1 amide bonds. The second kappa shape index (κ2) is 6.52. The minimum atomic E-state index is -0.439. The second-order valence-electron chi connectivity index (χ2n) is 4.81. The standard InChI is InChI=1S/C14H17BN2O2/c15-14(19)17-8-7-16(11-13(17)6-9-18)10-12-4-2-1-3-5-12/h1-5,9,13H,6-8,10-11H2.